The zero-order valence-electron chi connectivity index (χ0n) is 9.66. The van der Waals surface area contributed by atoms with Gasteiger partial charge in [0.15, 0.2) is 0 Å². The van der Waals surface area contributed by atoms with E-state index in [0.717, 1.165) is 16.5 Å². The van der Waals surface area contributed by atoms with Crippen molar-refractivity contribution >= 4 is 21.4 Å². The predicted octanol–water partition coefficient (Wildman–Crippen LogP) is 2.16. The van der Waals surface area contributed by atoms with E-state index in [9.17, 15) is 0 Å². The number of nitrogens with zero attached hydrogens (tertiary/aromatic N) is 5. The molecule has 18 heavy (non-hydrogen) atoms. The minimum absolute atomic E-state index is 0.428. The summed E-state index contributed by atoms with van der Waals surface area (Å²) in [6.07, 6.45) is 0.428. The Hall–Kier alpha value is -2.26. The third-order valence-electron chi connectivity index (χ3n) is 2.69. The number of rotatable bonds is 2. The summed E-state index contributed by atoms with van der Waals surface area (Å²) in [5.41, 5.74) is 1.98. The number of tetrazole rings is 1. The molecule has 6 heteroatoms. The summed E-state index contributed by atoms with van der Waals surface area (Å²) < 4.78 is 1.17. The number of hydrogen-bond acceptors (Lipinski definition) is 5. The molecule has 3 aromatic rings. The Labute approximate surface area is 107 Å². The number of aryl methyl sites for hydroxylation is 1. The third kappa shape index (κ3) is 1.75. The van der Waals surface area contributed by atoms with Gasteiger partial charge in [-0.25, -0.2) is 0 Å². The van der Waals surface area contributed by atoms with Crippen LogP contribution in [0.15, 0.2) is 23.6 Å². The van der Waals surface area contributed by atoms with E-state index in [2.05, 4.69) is 21.5 Å². The standard InChI is InChI=1S/C12H9N5S/c1-17-15-12(14-16-17)8-2-3-11-10(6-8)9(4-5-13)7-18-11/h2-3,6-7H,4H2,1H3. The Kier molecular flexibility index (Phi) is 2.54. The molecule has 0 radical (unpaired) electrons. The highest BCUT2D eigenvalue weighted by Crippen LogP contribution is 2.29. The zero-order valence-corrected chi connectivity index (χ0v) is 10.5. The van der Waals surface area contributed by atoms with Crippen molar-refractivity contribution in [3.05, 3.63) is 29.1 Å². The summed E-state index contributed by atoms with van der Waals surface area (Å²) in [6, 6.07) is 8.22. The molecule has 0 unspecified atom stereocenters. The fraction of sp³-hybridized carbons (Fsp3) is 0.167. The van der Waals surface area contributed by atoms with Crippen LogP contribution in [-0.4, -0.2) is 20.2 Å². The van der Waals surface area contributed by atoms with Gasteiger partial charge in [0.25, 0.3) is 0 Å². The first-order chi connectivity index (χ1) is 8.78. The van der Waals surface area contributed by atoms with Crippen molar-refractivity contribution in [3.8, 4) is 17.5 Å². The second kappa shape index (κ2) is 4.20. The van der Waals surface area contributed by atoms with Crippen molar-refractivity contribution in [2.24, 2.45) is 7.05 Å². The molecule has 5 nitrogen and oxygen atoms in total. The molecule has 0 aliphatic carbocycles. The zero-order chi connectivity index (χ0) is 12.5. The molecule has 0 bridgehead atoms. The van der Waals surface area contributed by atoms with Crippen LogP contribution in [-0.2, 0) is 13.5 Å². The van der Waals surface area contributed by atoms with E-state index in [4.69, 9.17) is 5.26 Å². The van der Waals surface area contributed by atoms with Crippen molar-refractivity contribution in [2.75, 3.05) is 0 Å². The quantitative estimate of drug-likeness (QED) is 0.703. The lowest BCUT2D eigenvalue weighted by Gasteiger charge is -1.97. The molecule has 0 amide bonds. The summed E-state index contributed by atoms with van der Waals surface area (Å²) in [7, 11) is 1.74. The third-order valence-corrected chi connectivity index (χ3v) is 3.70. The van der Waals surface area contributed by atoms with Crippen molar-refractivity contribution in [1.82, 2.24) is 20.2 Å². The average molecular weight is 255 g/mol. The molecule has 3 rings (SSSR count). The van der Waals surface area contributed by atoms with Crippen molar-refractivity contribution in [2.45, 2.75) is 6.42 Å². The Balaban J connectivity index is 2.15. The van der Waals surface area contributed by atoms with E-state index >= 15 is 0 Å². The van der Waals surface area contributed by atoms with E-state index in [1.54, 1.807) is 18.4 Å². The lowest BCUT2D eigenvalue weighted by Crippen LogP contribution is -1.91. The van der Waals surface area contributed by atoms with E-state index in [1.165, 1.54) is 9.50 Å². The monoisotopic (exact) mass is 255 g/mol. The van der Waals surface area contributed by atoms with Gasteiger partial charge in [-0.3, -0.25) is 0 Å². The van der Waals surface area contributed by atoms with E-state index in [0.29, 0.717) is 12.2 Å². The first kappa shape index (κ1) is 10.9. The molecule has 88 valence electrons. The molecule has 0 atom stereocenters. The Morgan fingerprint density at radius 1 is 1.44 bits per heavy atom. The number of thiophene rings is 1. The number of aromatic nitrogens is 4. The summed E-state index contributed by atoms with van der Waals surface area (Å²) in [5, 5.41) is 23.9. The van der Waals surface area contributed by atoms with Gasteiger partial charge in [-0.15, -0.1) is 21.5 Å². The lowest BCUT2D eigenvalue weighted by molar-refractivity contribution is 0.630. The van der Waals surface area contributed by atoms with Gasteiger partial charge in [0, 0.05) is 10.3 Å². The van der Waals surface area contributed by atoms with Gasteiger partial charge in [0.05, 0.1) is 19.5 Å². The Bertz CT molecular complexity index is 749. The Morgan fingerprint density at radius 3 is 3.06 bits per heavy atom. The molecule has 0 N–H and O–H groups in total. The van der Waals surface area contributed by atoms with Gasteiger partial charge >= 0.3 is 0 Å². The molecule has 0 fully saturated rings. The second-order valence-corrected chi connectivity index (χ2v) is 4.82. The minimum atomic E-state index is 0.428. The first-order valence-electron chi connectivity index (χ1n) is 5.39. The highest BCUT2D eigenvalue weighted by atomic mass is 32.1. The summed E-state index contributed by atoms with van der Waals surface area (Å²) in [4.78, 5) is 1.43. The van der Waals surface area contributed by atoms with Crippen LogP contribution < -0.4 is 0 Å². The van der Waals surface area contributed by atoms with E-state index in [1.807, 2.05) is 23.6 Å². The average Bonchev–Trinajstić information content (AvgIpc) is 2.96. The fourth-order valence-corrected chi connectivity index (χ4v) is 2.79. The molecule has 0 aliphatic rings. The number of nitriles is 1. The maximum Gasteiger partial charge on any atom is 0.204 e. The molecule has 0 aliphatic heterocycles. The summed E-state index contributed by atoms with van der Waals surface area (Å²) in [6.45, 7) is 0. The minimum Gasteiger partial charge on any atom is -0.198 e. The largest absolute Gasteiger partial charge is 0.204 e. The molecule has 0 spiro atoms. The maximum atomic E-state index is 8.80. The van der Waals surface area contributed by atoms with Crippen LogP contribution in [0.1, 0.15) is 5.56 Å². The van der Waals surface area contributed by atoms with Crippen LogP contribution in [0.5, 0.6) is 0 Å². The Morgan fingerprint density at radius 2 is 2.33 bits per heavy atom. The van der Waals surface area contributed by atoms with Crippen molar-refractivity contribution in [3.63, 3.8) is 0 Å². The van der Waals surface area contributed by atoms with Crippen LogP contribution in [0, 0.1) is 11.3 Å². The summed E-state index contributed by atoms with van der Waals surface area (Å²) >= 11 is 1.65. The van der Waals surface area contributed by atoms with Crippen molar-refractivity contribution in [1.29, 1.82) is 5.26 Å². The highest BCUT2D eigenvalue weighted by molar-refractivity contribution is 7.17. The molecule has 2 heterocycles. The van der Waals surface area contributed by atoms with Crippen LogP contribution in [0.4, 0.5) is 0 Å². The van der Waals surface area contributed by atoms with Gasteiger partial charge in [0.1, 0.15) is 0 Å². The SMILES string of the molecule is Cn1nnc(-c2ccc3scc(CC#N)c3c2)n1. The molecule has 1 aromatic carbocycles. The molecule has 0 saturated heterocycles. The molecule has 0 saturated carbocycles. The van der Waals surface area contributed by atoms with Crippen LogP contribution >= 0.6 is 11.3 Å². The summed E-state index contributed by atoms with van der Waals surface area (Å²) in [5.74, 6) is 0.605. The topological polar surface area (TPSA) is 67.4 Å². The van der Waals surface area contributed by atoms with Gasteiger partial charge in [-0.05, 0) is 39.7 Å². The van der Waals surface area contributed by atoms with Crippen LogP contribution in [0.2, 0.25) is 0 Å². The molecular weight excluding hydrogens is 246 g/mol. The van der Waals surface area contributed by atoms with Gasteiger partial charge in [-0.2, -0.15) is 10.1 Å². The molecule has 2 aromatic heterocycles. The van der Waals surface area contributed by atoms with Gasteiger partial charge in [-0.1, -0.05) is 0 Å². The smallest absolute Gasteiger partial charge is 0.198 e. The van der Waals surface area contributed by atoms with E-state index < -0.39 is 0 Å². The maximum absolute atomic E-state index is 8.80. The van der Waals surface area contributed by atoms with Crippen LogP contribution in [0.3, 0.4) is 0 Å². The van der Waals surface area contributed by atoms with Gasteiger partial charge < -0.3 is 0 Å². The number of fused-ring (bicyclic) bond motifs is 1. The van der Waals surface area contributed by atoms with E-state index in [-0.39, 0.29) is 0 Å². The first-order valence-corrected chi connectivity index (χ1v) is 6.27. The van der Waals surface area contributed by atoms with Crippen molar-refractivity contribution < 1.29 is 0 Å². The van der Waals surface area contributed by atoms with Crippen LogP contribution in [0.25, 0.3) is 21.5 Å². The lowest BCUT2D eigenvalue weighted by atomic mass is 10.1. The fourth-order valence-electron chi connectivity index (χ4n) is 1.84. The number of benzene rings is 1. The normalized spacial score (nSPS) is 10.7. The number of hydrogen-bond donors (Lipinski definition) is 0. The molecular formula is C12H9N5S. The predicted molar refractivity (Wildman–Crippen MR) is 68.9 cm³/mol. The van der Waals surface area contributed by atoms with Gasteiger partial charge in [0.2, 0.25) is 5.82 Å². The highest BCUT2D eigenvalue weighted by Gasteiger charge is 2.09. The second-order valence-electron chi connectivity index (χ2n) is 3.91.